The predicted molar refractivity (Wildman–Crippen MR) is 137 cm³/mol. The molecule has 33 heavy (non-hydrogen) atoms. The molecule has 0 aliphatic heterocycles. The van der Waals surface area contributed by atoms with Gasteiger partial charge in [0.05, 0.1) is 12.2 Å². The largest absolute Gasteiger partial charge is 0.364 e. The molecule has 0 fully saturated rings. The molecule has 184 valence electrons. The standard InChI is InChI=1S/C20H29N7O2.2C2H6/c1-5-27(4)20-13(2)24-17(18(21)29)19(26-20)25-15-8-6-7-14(11-15)9-10-23-16(28)12-22-3;2*1-2/h6-8,11,22H,5,9-10,12H2,1-4H3,(H2,21,29)(H,23,28)(H,25,26);2*1-2H3. The number of likely N-dealkylation sites (N-methyl/N-ethyl adjacent to an activating group) is 1. The molecule has 0 spiro atoms. The molecule has 5 N–H and O–H groups in total. The molecule has 0 aliphatic rings. The highest BCUT2D eigenvalue weighted by Gasteiger charge is 2.17. The molecule has 2 rings (SSSR count). The lowest BCUT2D eigenvalue weighted by atomic mass is 10.1. The second-order valence-corrected chi connectivity index (χ2v) is 6.66. The van der Waals surface area contributed by atoms with Crippen LogP contribution in [0.1, 0.15) is 56.4 Å². The van der Waals surface area contributed by atoms with E-state index in [-0.39, 0.29) is 18.1 Å². The van der Waals surface area contributed by atoms with E-state index in [1.54, 1.807) is 14.0 Å². The molecule has 9 heteroatoms. The molecule has 0 unspecified atom stereocenters. The zero-order valence-corrected chi connectivity index (χ0v) is 21.4. The van der Waals surface area contributed by atoms with Crippen LogP contribution in [0.15, 0.2) is 24.3 Å². The quantitative estimate of drug-likeness (QED) is 0.430. The number of aromatic nitrogens is 2. The summed E-state index contributed by atoms with van der Waals surface area (Å²) in [6.07, 6.45) is 0.678. The molecule has 2 amide bonds. The van der Waals surface area contributed by atoms with Crippen LogP contribution in [0.2, 0.25) is 0 Å². The summed E-state index contributed by atoms with van der Waals surface area (Å²) < 4.78 is 0. The van der Waals surface area contributed by atoms with Crippen molar-refractivity contribution in [3.8, 4) is 0 Å². The summed E-state index contributed by atoms with van der Waals surface area (Å²) >= 11 is 0. The number of carbonyl (C=O) groups excluding carboxylic acids is 2. The molecule has 0 radical (unpaired) electrons. The van der Waals surface area contributed by atoms with Crippen molar-refractivity contribution in [1.29, 1.82) is 0 Å². The lowest BCUT2D eigenvalue weighted by Gasteiger charge is -2.20. The van der Waals surface area contributed by atoms with Gasteiger partial charge < -0.3 is 26.6 Å². The maximum Gasteiger partial charge on any atom is 0.271 e. The Hall–Kier alpha value is -3.20. The van der Waals surface area contributed by atoms with Crippen molar-refractivity contribution in [2.45, 2.75) is 48.0 Å². The van der Waals surface area contributed by atoms with Crippen molar-refractivity contribution in [3.05, 3.63) is 41.2 Å². The molecule has 0 aliphatic carbocycles. The number of nitrogens with zero attached hydrogens (tertiary/aromatic N) is 3. The average Bonchev–Trinajstić information content (AvgIpc) is 2.82. The van der Waals surface area contributed by atoms with E-state index >= 15 is 0 Å². The highest BCUT2D eigenvalue weighted by Crippen LogP contribution is 2.24. The van der Waals surface area contributed by atoms with Gasteiger partial charge in [-0.1, -0.05) is 39.8 Å². The van der Waals surface area contributed by atoms with Gasteiger partial charge in [0.2, 0.25) is 5.91 Å². The Morgan fingerprint density at radius 1 is 1.12 bits per heavy atom. The van der Waals surface area contributed by atoms with E-state index in [0.29, 0.717) is 30.3 Å². The van der Waals surface area contributed by atoms with Gasteiger partial charge in [-0.3, -0.25) is 9.59 Å². The highest BCUT2D eigenvalue weighted by molar-refractivity contribution is 5.96. The molecule has 9 nitrogen and oxygen atoms in total. The second-order valence-electron chi connectivity index (χ2n) is 6.66. The molecular formula is C24H41N7O2. The number of amides is 2. The van der Waals surface area contributed by atoms with Crippen molar-refractivity contribution in [2.24, 2.45) is 5.73 Å². The summed E-state index contributed by atoms with van der Waals surface area (Å²) in [5.41, 5.74) is 8.03. The number of nitrogens with one attached hydrogen (secondary N) is 3. The smallest absolute Gasteiger partial charge is 0.271 e. The van der Waals surface area contributed by atoms with Crippen LogP contribution in [0.4, 0.5) is 17.3 Å². The topological polar surface area (TPSA) is 125 Å². The molecule has 1 heterocycles. The Labute approximate surface area is 198 Å². The number of nitrogens with two attached hydrogens (primary N) is 1. The normalized spacial score (nSPS) is 9.58. The highest BCUT2D eigenvalue weighted by atomic mass is 16.2. The van der Waals surface area contributed by atoms with Crippen LogP contribution in [0.25, 0.3) is 0 Å². The van der Waals surface area contributed by atoms with E-state index in [4.69, 9.17) is 5.73 Å². The SMILES string of the molecule is CC.CC.CCN(C)c1nc(Nc2cccc(CCNC(=O)CNC)c2)c(C(N)=O)nc1C. The van der Waals surface area contributed by atoms with Crippen LogP contribution in [-0.2, 0) is 11.2 Å². The van der Waals surface area contributed by atoms with E-state index in [0.717, 1.165) is 17.8 Å². The van der Waals surface area contributed by atoms with Crippen LogP contribution < -0.4 is 26.6 Å². The van der Waals surface area contributed by atoms with Crippen LogP contribution >= 0.6 is 0 Å². The van der Waals surface area contributed by atoms with Gasteiger partial charge in [0.1, 0.15) is 0 Å². The number of hydrogen-bond acceptors (Lipinski definition) is 7. The first-order valence-electron chi connectivity index (χ1n) is 11.5. The molecular weight excluding hydrogens is 418 g/mol. The zero-order valence-electron chi connectivity index (χ0n) is 21.4. The van der Waals surface area contributed by atoms with E-state index in [9.17, 15) is 9.59 Å². The third-order valence-corrected chi connectivity index (χ3v) is 4.38. The van der Waals surface area contributed by atoms with Gasteiger partial charge in [-0.25, -0.2) is 9.97 Å². The number of rotatable bonds is 10. The molecule has 0 atom stereocenters. The third-order valence-electron chi connectivity index (χ3n) is 4.38. The Balaban J connectivity index is 0.00000242. The number of hydrogen-bond donors (Lipinski definition) is 4. The molecule has 0 saturated heterocycles. The molecule has 1 aromatic heterocycles. The van der Waals surface area contributed by atoms with Crippen molar-refractivity contribution in [3.63, 3.8) is 0 Å². The summed E-state index contributed by atoms with van der Waals surface area (Å²) in [7, 11) is 3.64. The fourth-order valence-electron chi connectivity index (χ4n) is 2.79. The van der Waals surface area contributed by atoms with Crippen LogP contribution in [0.3, 0.4) is 0 Å². The van der Waals surface area contributed by atoms with E-state index in [2.05, 4.69) is 25.9 Å². The summed E-state index contributed by atoms with van der Waals surface area (Å²) in [4.78, 5) is 34.3. The molecule has 2 aromatic rings. The van der Waals surface area contributed by atoms with Gasteiger partial charge in [0.15, 0.2) is 17.3 Å². The zero-order chi connectivity index (χ0) is 25.4. The Morgan fingerprint density at radius 3 is 2.36 bits per heavy atom. The molecule has 1 aromatic carbocycles. The van der Waals surface area contributed by atoms with Gasteiger partial charge >= 0.3 is 0 Å². The maximum atomic E-state index is 11.9. The number of primary amides is 1. The first-order chi connectivity index (χ1) is 15.8. The van der Waals surface area contributed by atoms with Crippen molar-refractivity contribution >= 4 is 29.1 Å². The lowest BCUT2D eigenvalue weighted by molar-refractivity contribution is -0.120. The Bertz CT molecular complexity index is 872. The van der Waals surface area contributed by atoms with Crippen LogP contribution in [0.5, 0.6) is 0 Å². The average molecular weight is 460 g/mol. The molecule has 0 saturated carbocycles. The molecule has 0 bridgehead atoms. The summed E-state index contributed by atoms with van der Waals surface area (Å²) in [5, 5.41) is 8.82. The Morgan fingerprint density at radius 2 is 1.79 bits per heavy atom. The maximum absolute atomic E-state index is 11.9. The van der Waals surface area contributed by atoms with Gasteiger partial charge in [0.25, 0.3) is 5.91 Å². The van der Waals surface area contributed by atoms with E-state index in [1.807, 2.05) is 70.8 Å². The van der Waals surface area contributed by atoms with Crippen LogP contribution in [-0.4, -0.2) is 55.5 Å². The number of aryl methyl sites for hydroxylation is 1. The van der Waals surface area contributed by atoms with Gasteiger partial charge in [-0.2, -0.15) is 0 Å². The predicted octanol–water partition coefficient (Wildman–Crippen LogP) is 3.01. The van der Waals surface area contributed by atoms with Crippen molar-refractivity contribution in [1.82, 2.24) is 20.6 Å². The van der Waals surface area contributed by atoms with Crippen LogP contribution in [0, 0.1) is 6.92 Å². The lowest BCUT2D eigenvalue weighted by Crippen LogP contribution is -2.33. The van der Waals surface area contributed by atoms with E-state index in [1.165, 1.54) is 0 Å². The van der Waals surface area contributed by atoms with E-state index < -0.39 is 5.91 Å². The summed E-state index contributed by atoms with van der Waals surface area (Å²) in [5.74, 6) is 0.314. The minimum absolute atomic E-state index is 0.0459. The Kier molecular flexibility index (Phi) is 14.8. The van der Waals surface area contributed by atoms with Crippen molar-refractivity contribution in [2.75, 3.05) is 43.9 Å². The van der Waals surface area contributed by atoms with Gasteiger partial charge in [-0.05, 0) is 45.0 Å². The van der Waals surface area contributed by atoms with Crippen molar-refractivity contribution < 1.29 is 9.59 Å². The minimum atomic E-state index is -0.641. The number of carbonyl (C=O) groups is 2. The third kappa shape index (κ3) is 9.86. The summed E-state index contributed by atoms with van der Waals surface area (Å²) in [6.45, 7) is 13.4. The first-order valence-corrected chi connectivity index (χ1v) is 11.5. The minimum Gasteiger partial charge on any atom is -0.364 e. The first kappa shape index (κ1) is 29.8. The summed E-state index contributed by atoms with van der Waals surface area (Å²) in [6, 6.07) is 7.69. The van der Waals surface area contributed by atoms with Gasteiger partial charge in [-0.15, -0.1) is 0 Å². The number of anilines is 3. The monoisotopic (exact) mass is 459 g/mol. The second kappa shape index (κ2) is 16.4. The fraction of sp³-hybridized carbons (Fsp3) is 0.500. The fourth-order valence-corrected chi connectivity index (χ4v) is 2.79. The number of benzene rings is 1. The van der Waals surface area contributed by atoms with Gasteiger partial charge in [0, 0.05) is 25.8 Å².